The maximum atomic E-state index is 5.64. The van der Waals surface area contributed by atoms with Gasteiger partial charge < -0.3 is 5.73 Å². The first-order valence-electron chi connectivity index (χ1n) is 5.10. The highest BCUT2D eigenvalue weighted by molar-refractivity contribution is 5.64. The highest BCUT2D eigenvalue weighted by atomic mass is 15.1. The Bertz CT molecular complexity index is 495. The summed E-state index contributed by atoms with van der Waals surface area (Å²) in [6.45, 7) is 6.33. The molecule has 0 aliphatic heterocycles. The Labute approximate surface area is 94.1 Å². The van der Waals surface area contributed by atoms with Crippen molar-refractivity contribution in [3.05, 3.63) is 24.3 Å². The fraction of sp³-hybridized carbons (Fsp3) is 0.364. The highest BCUT2D eigenvalue weighted by Crippen LogP contribution is 2.29. The van der Waals surface area contributed by atoms with Gasteiger partial charge >= 0.3 is 0 Å². The standard InChI is InChI=1S/C11H15N5/c1-11(2,3)10-7(5-15-16-10)8-4-9(12)14-6-13-8/h4-6H,1-3H3,(H,15,16)(H2,12,13,14). The van der Waals surface area contributed by atoms with Crippen molar-refractivity contribution in [3.8, 4) is 11.3 Å². The number of rotatable bonds is 1. The van der Waals surface area contributed by atoms with Gasteiger partial charge in [0.25, 0.3) is 0 Å². The number of aromatic nitrogens is 4. The zero-order valence-corrected chi connectivity index (χ0v) is 9.65. The van der Waals surface area contributed by atoms with Crippen molar-refractivity contribution in [1.29, 1.82) is 0 Å². The van der Waals surface area contributed by atoms with Crippen LogP contribution in [0.15, 0.2) is 18.6 Å². The maximum absolute atomic E-state index is 5.64. The smallest absolute Gasteiger partial charge is 0.127 e. The molecule has 0 aliphatic carbocycles. The van der Waals surface area contributed by atoms with Crippen LogP contribution >= 0.6 is 0 Å². The van der Waals surface area contributed by atoms with Gasteiger partial charge in [-0.15, -0.1) is 0 Å². The summed E-state index contributed by atoms with van der Waals surface area (Å²) in [5.41, 5.74) is 8.36. The fourth-order valence-electron chi connectivity index (χ4n) is 1.58. The fourth-order valence-corrected chi connectivity index (χ4v) is 1.58. The Hall–Kier alpha value is -1.91. The zero-order chi connectivity index (χ0) is 11.8. The Morgan fingerprint density at radius 3 is 2.62 bits per heavy atom. The minimum Gasteiger partial charge on any atom is -0.384 e. The molecule has 5 nitrogen and oxygen atoms in total. The lowest BCUT2D eigenvalue weighted by atomic mass is 9.89. The molecular weight excluding hydrogens is 202 g/mol. The van der Waals surface area contributed by atoms with Crippen molar-refractivity contribution in [1.82, 2.24) is 20.2 Å². The number of H-pyrrole nitrogens is 1. The molecule has 0 aliphatic rings. The van der Waals surface area contributed by atoms with Crippen LogP contribution < -0.4 is 5.73 Å². The minimum absolute atomic E-state index is 0.0327. The molecule has 84 valence electrons. The summed E-state index contributed by atoms with van der Waals surface area (Å²) in [5, 5.41) is 7.14. The molecule has 0 saturated heterocycles. The normalized spacial score (nSPS) is 11.7. The number of nitrogens with one attached hydrogen (secondary N) is 1. The maximum Gasteiger partial charge on any atom is 0.127 e. The van der Waals surface area contributed by atoms with Gasteiger partial charge in [0, 0.05) is 23.2 Å². The van der Waals surface area contributed by atoms with E-state index in [1.54, 1.807) is 6.07 Å². The average molecular weight is 217 g/mol. The summed E-state index contributed by atoms with van der Waals surface area (Å²) >= 11 is 0. The first-order valence-corrected chi connectivity index (χ1v) is 5.10. The van der Waals surface area contributed by atoms with Gasteiger partial charge in [0.1, 0.15) is 12.1 Å². The number of hydrogen-bond donors (Lipinski definition) is 2. The largest absolute Gasteiger partial charge is 0.384 e. The molecule has 0 bridgehead atoms. The lowest BCUT2D eigenvalue weighted by Crippen LogP contribution is -2.13. The van der Waals surface area contributed by atoms with E-state index in [9.17, 15) is 0 Å². The van der Waals surface area contributed by atoms with Crippen LogP contribution in [0.2, 0.25) is 0 Å². The van der Waals surface area contributed by atoms with E-state index in [4.69, 9.17) is 5.73 Å². The van der Waals surface area contributed by atoms with E-state index in [1.807, 2.05) is 6.20 Å². The predicted molar refractivity (Wildman–Crippen MR) is 62.7 cm³/mol. The van der Waals surface area contributed by atoms with Gasteiger partial charge in [0.2, 0.25) is 0 Å². The van der Waals surface area contributed by atoms with Crippen LogP contribution in [0.1, 0.15) is 26.5 Å². The third-order valence-electron chi connectivity index (χ3n) is 2.31. The van der Waals surface area contributed by atoms with Gasteiger partial charge in [-0.1, -0.05) is 20.8 Å². The van der Waals surface area contributed by atoms with Crippen LogP contribution in [0.4, 0.5) is 5.82 Å². The first-order chi connectivity index (χ1) is 7.48. The predicted octanol–water partition coefficient (Wildman–Crippen LogP) is 1.75. The SMILES string of the molecule is CC(C)(C)c1n[nH]cc1-c1cc(N)ncn1. The molecule has 0 amide bonds. The quantitative estimate of drug-likeness (QED) is 0.762. The van der Waals surface area contributed by atoms with Gasteiger partial charge in [-0.25, -0.2) is 9.97 Å². The van der Waals surface area contributed by atoms with E-state index in [0.717, 1.165) is 17.0 Å². The van der Waals surface area contributed by atoms with Crippen molar-refractivity contribution in [2.45, 2.75) is 26.2 Å². The van der Waals surface area contributed by atoms with Crippen LogP contribution in [0.25, 0.3) is 11.3 Å². The molecule has 2 rings (SSSR count). The molecule has 0 saturated carbocycles. The summed E-state index contributed by atoms with van der Waals surface area (Å²) < 4.78 is 0. The monoisotopic (exact) mass is 217 g/mol. The summed E-state index contributed by atoms with van der Waals surface area (Å²) in [5.74, 6) is 0.464. The second-order valence-electron chi connectivity index (χ2n) is 4.73. The molecule has 16 heavy (non-hydrogen) atoms. The van der Waals surface area contributed by atoms with Crippen LogP contribution in [-0.2, 0) is 5.41 Å². The van der Waals surface area contributed by atoms with E-state index < -0.39 is 0 Å². The van der Waals surface area contributed by atoms with Crippen molar-refractivity contribution in [2.24, 2.45) is 0 Å². The Kier molecular flexibility index (Phi) is 2.38. The third-order valence-corrected chi connectivity index (χ3v) is 2.31. The first kappa shape index (κ1) is 10.6. The van der Waals surface area contributed by atoms with Gasteiger partial charge in [-0.3, -0.25) is 5.10 Å². The third kappa shape index (κ3) is 1.88. The number of anilines is 1. The molecular formula is C11H15N5. The molecule has 0 atom stereocenters. The number of hydrogen-bond acceptors (Lipinski definition) is 4. The summed E-state index contributed by atoms with van der Waals surface area (Å²) in [6.07, 6.45) is 3.30. The van der Waals surface area contributed by atoms with Crippen LogP contribution in [-0.4, -0.2) is 20.2 Å². The summed E-state index contributed by atoms with van der Waals surface area (Å²) in [4.78, 5) is 8.08. The van der Waals surface area contributed by atoms with E-state index in [1.165, 1.54) is 6.33 Å². The lowest BCUT2D eigenvalue weighted by Gasteiger charge is -2.17. The molecule has 0 fully saturated rings. The molecule has 2 heterocycles. The number of aromatic amines is 1. The summed E-state index contributed by atoms with van der Waals surface area (Å²) in [6, 6.07) is 1.75. The molecule has 2 aromatic rings. The second-order valence-corrected chi connectivity index (χ2v) is 4.73. The van der Waals surface area contributed by atoms with Crippen LogP contribution in [0.5, 0.6) is 0 Å². The lowest BCUT2D eigenvalue weighted by molar-refractivity contribution is 0.568. The van der Waals surface area contributed by atoms with Crippen molar-refractivity contribution in [2.75, 3.05) is 5.73 Å². The Morgan fingerprint density at radius 2 is 2.00 bits per heavy atom. The van der Waals surface area contributed by atoms with Gasteiger partial charge in [-0.05, 0) is 0 Å². The van der Waals surface area contributed by atoms with Crippen molar-refractivity contribution >= 4 is 5.82 Å². The molecule has 0 unspecified atom stereocenters. The Balaban J connectivity index is 2.53. The van der Waals surface area contributed by atoms with Gasteiger partial charge in [0.05, 0.1) is 11.4 Å². The molecule has 2 aromatic heterocycles. The van der Waals surface area contributed by atoms with Crippen molar-refractivity contribution < 1.29 is 0 Å². The van der Waals surface area contributed by atoms with Gasteiger partial charge in [-0.2, -0.15) is 5.10 Å². The van der Waals surface area contributed by atoms with E-state index in [-0.39, 0.29) is 5.41 Å². The molecule has 0 aromatic carbocycles. The molecule has 0 radical (unpaired) electrons. The molecule has 3 N–H and O–H groups in total. The number of nitrogens with zero attached hydrogens (tertiary/aromatic N) is 3. The van der Waals surface area contributed by atoms with E-state index in [0.29, 0.717) is 5.82 Å². The van der Waals surface area contributed by atoms with Crippen LogP contribution in [0.3, 0.4) is 0 Å². The van der Waals surface area contributed by atoms with Gasteiger partial charge in [0.15, 0.2) is 0 Å². The number of nitrogens with two attached hydrogens (primary N) is 1. The highest BCUT2D eigenvalue weighted by Gasteiger charge is 2.22. The summed E-state index contributed by atoms with van der Waals surface area (Å²) in [7, 11) is 0. The van der Waals surface area contributed by atoms with E-state index in [2.05, 4.69) is 40.9 Å². The van der Waals surface area contributed by atoms with Crippen LogP contribution in [0, 0.1) is 0 Å². The molecule has 5 heteroatoms. The zero-order valence-electron chi connectivity index (χ0n) is 9.65. The Morgan fingerprint density at radius 1 is 1.25 bits per heavy atom. The van der Waals surface area contributed by atoms with Crippen molar-refractivity contribution in [3.63, 3.8) is 0 Å². The average Bonchev–Trinajstić information content (AvgIpc) is 2.65. The topological polar surface area (TPSA) is 80.5 Å². The minimum atomic E-state index is -0.0327. The van der Waals surface area contributed by atoms with E-state index >= 15 is 0 Å². The second kappa shape index (κ2) is 3.59. The number of nitrogen functional groups attached to an aromatic ring is 1. The molecule has 0 spiro atoms.